The normalized spacial score (nSPS) is 15.5. The molecule has 0 fully saturated rings. The van der Waals surface area contributed by atoms with Gasteiger partial charge in [0.05, 0.1) is 11.1 Å². The first-order chi connectivity index (χ1) is 13.2. The molecule has 7 nitrogen and oxygen atoms in total. The molecule has 0 bridgehead atoms. The van der Waals surface area contributed by atoms with E-state index in [1.54, 1.807) is 20.8 Å². The van der Waals surface area contributed by atoms with Gasteiger partial charge in [-0.2, -0.15) is 13.2 Å². The number of carboxylic acids is 1. The van der Waals surface area contributed by atoms with Crippen LogP contribution in [0.1, 0.15) is 42.4 Å². The van der Waals surface area contributed by atoms with Crippen LogP contribution in [0, 0.1) is 0 Å². The number of carbonyl (C=O) groups is 2. The number of phenols is 1. The van der Waals surface area contributed by atoms with Crippen molar-refractivity contribution >= 4 is 40.1 Å². The fourth-order valence-electron chi connectivity index (χ4n) is 3.41. The number of benzene rings is 1. The van der Waals surface area contributed by atoms with Crippen molar-refractivity contribution in [3.63, 3.8) is 0 Å². The van der Waals surface area contributed by atoms with Crippen molar-refractivity contribution in [3.05, 3.63) is 22.9 Å². The van der Waals surface area contributed by atoms with Gasteiger partial charge in [-0.25, -0.2) is 9.59 Å². The van der Waals surface area contributed by atoms with Crippen LogP contribution in [0.25, 0.3) is 10.9 Å². The molecule has 1 atom stereocenters. The van der Waals surface area contributed by atoms with Crippen molar-refractivity contribution in [1.82, 2.24) is 4.98 Å². The van der Waals surface area contributed by atoms with Gasteiger partial charge in [0.15, 0.2) is 0 Å². The van der Waals surface area contributed by atoms with E-state index in [0.717, 1.165) is 6.07 Å². The number of aromatic hydroxyl groups is 1. The topological polar surface area (TPSA) is 103 Å². The van der Waals surface area contributed by atoms with E-state index in [9.17, 15) is 33.0 Å². The van der Waals surface area contributed by atoms with E-state index in [2.05, 4.69) is 0 Å². The Labute approximate surface area is 168 Å². The summed E-state index contributed by atoms with van der Waals surface area (Å²) in [5, 5.41) is 19.4. The third-order valence-electron chi connectivity index (χ3n) is 4.42. The summed E-state index contributed by atoms with van der Waals surface area (Å²) in [5.74, 6) is -3.14. The van der Waals surface area contributed by atoms with Gasteiger partial charge in [0.1, 0.15) is 17.0 Å². The van der Waals surface area contributed by atoms with Crippen molar-refractivity contribution in [2.75, 3.05) is 11.4 Å². The predicted octanol–water partition coefficient (Wildman–Crippen LogP) is 3.86. The largest absolute Gasteiger partial charge is 0.506 e. The van der Waals surface area contributed by atoms with Crippen molar-refractivity contribution in [3.8, 4) is 5.75 Å². The number of ether oxygens (including phenoxy) is 1. The number of esters is 1. The lowest BCUT2D eigenvalue weighted by molar-refractivity contribution is -0.154. The summed E-state index contributed by atoms with van der Waals surface area (Å²) in [6, 6.07) is 1.16. The molecule has 1 aliphatic rings. The molecule has 3 N–H and O–H groups in total. The minimum absolute atomic E-state index is 0.132. The number of nitrogens with zero attached hydrogens (tertiary/aromatic N) is 1. The second kappa shape index (κ2) is 6.72. The van der Waals surface area contributed by atoms with Crippen LogP contribution in [0.4, 0.5) is 18.9 Å². The lowest BCUT2D eigenvalue weighted by Crippen LogP contribution is -2.40. The van der Waals surface area contributed by atoms with E-state index in [0.29, 0.717) is 0 Å². The Morgan fingerprint density at radius 1 is 1.31 bits per heavy atom. The minimum Gasteiger partial charge on any atom is -0.506 e. The first kappa shape index (κ1) is 21.1. The second-order valence-electron chi connectivity index (χ2n) is 7.63. The quantitative estimate of drug-likeness (QED) is 0.385. The standard InChI is InChI=1S/C18H18ClF3N2O5/c1-17(2,3)29-16(28)14(19)24-5-4-7-8(24)6-9(25)12-10(7)11(15(26)27)13(23-12)18(20,21)22/h6,14,23,25H,4-5H2,1-3H3,(H,26,27)/t14-/m1/s1. The maximum Gasteiger partial charge on any atom is 0.432 e. The average Bonchev–Trinajstić information content (AvgIpc) is 3.13. The molecule has 0 radical (unpaired) electrons. The van der Waals surface area contributed by atoms with Crippen molar-refractivity contribution < 1.29 is 37.7 Å². The van der Waals surface area contributed by atoms with Gasteiger partial charge in [-0.3, -0.25) is 0 Å². The minimum atomic E-state index is -4.96. The number of aromatic carboxylic acids is 1. The van der Waals surface area contributed by atoms with Crippen LogP contribution in [0.5, 0.6) is 5.75 Å². The highest BCUT2D eigenvalue weighted by Gasteiger charge is 2.42. The summed E-state index contributed by atoms with van der Waals surface area (Å²) in [5.41, 5.74) is -4.47. The lowest BCUT2D eigenvalue weighted by Gasteiger charge is -2.27. The van der Waals surface area contributed by atoms with Crippen molar-refractivity contribution in [1.29, 1.82) is 0 Å². The number of rotatable bonds is 3. The van der Waals surface area contributed by atoms with E-state index >= 15 is 0 Å². The van der Waals surface area contributed by atoms with E-state index in [-0.39, 0.29) is 35.1 Å². The molecule has 1 aromatic carbocycles. The molecule has 0 amide bonds. The number of nitrogens with one attached hydrogen (secondary N) is 1. The first-order valence-corrected chi connectivity index (χ1v) is 9.00. The third-order valence-corrected chi connectivity index (χ3v) is 4.84. The Morgan fingerprint density at radius 2 is 1.93 bits per heavy atom. The smallest absolute Gasteiger partial charge is 0.432 e. The number of alkyl halides is 4. The van der Waals surface area contributed by atoms with Crippen LogP contribution in [0.15, 0.2) is 6.07 Å². The van der Waals surface area contributed by atoms with E-state index in [1.165, 1.54) is 4.90 Å². The summed E-state index contributed by atoms with van der Waals surface area (Å²) < 4.78 is 45.2. The Morgan fingerprint density at radius 3 is 2.45 bits per heavy atom. The molecule has 2 heterocycles. The number of halogens is 4. The molecule has 1 aliphatic heterocycles. The third kappa shape index (κ3) is 3.68. The monoisotopic (exact) mass is 434 g/mol. The summed E-state index contributed by atoms with van der Waals surface area (Å²) in [7, 11) is 0. The maximum absolute atomic E-state index is 13.3. The van der Waals surface area contributed by atoms with Crippen molar-refractivity contribution in [2.24, 2.45) is 0 Å². The van der Waals surface area contributed by atoms with Gasteiger partial charge in [-0.15, -0.1) is 0 Å². The SMILES string of the molecule is CC(C)(C)OC(=O)[C@H](Cl)N1CCc2c1cc(O)c1[nH]c(C(F)(F)F)c(C(=O)O)c21. The zero-order valence-electron chi connectivity index (χ0n) is 15.6. The highest BCUT2D eigenvalue weighted by atomic mass is 35.5. The van der Waals surface area contributed by atoms with E-state index in [1.807, 2.05) is 4.98 Å². The highest BCUT2D eigenvalue weighted by Crippen LogP contribution is 2.45. The number of hydrogen-bond donors (Lipinski definition) is 3. The van der Waals surface area contributed by atoms with Crippen LogP contribution in [0.3, 0.4) is 0 Å². The fraction of sp³-hybridized carbons (Fsp3) is 0.444. The number of phenolic OH excluding ortho intramolecular Hbond substituents is 1. The lowest BCUT2D eigenvalue weighted by atomic mass is 10.0. The van der Waals surface area contributed by atoms with Crippen LogP contribution in [-0.2, 0) is 22.1 Å². The molecule has 3 rings (SSSR count). The van der Waals surface area contributed by atoms with Crippen molar-refractivity contribution in [2.45, 2.75) is 44.5 Å². The molecule has 29 heavy (non-hydrogen) atoms. The number of carboxylic acid groups (broad SMARTS) is 1. The molecular formula is C18H18ClF3N2O5. The number of anilines is 1. The van der Waals surface area contributed by atoms with Crippen LogP contribution < -0.4 is 4.90 Å². The van der Waals surface area contributed by atoms with E-state index in [4.69, 9.17) is 16.3 Å². The highest BCUT2D eigenvalue weighted by molar-refractivity contribution is 6.31. The number of H-pyrrole nitrogens is 1. The summed E-state index contributed by atoms with van der Waals surface area (Å²) in [6.45, 7) is 5.09. The van der Waals surface area contributed by atoms with Gasteiger partial charge in [0.2, 0.25) is 5.50 Å². The first-order valence-electron chi connectivity index (χ1n) is 8.57. The zero-order chi connectivity index (χ0) is 21.9. The van der Waals surface area contributed by atoms with Crippen LogP contribution in [-0.4, -0.2) is 44.8 Å². The number of fused-ring (bicyclic) bond motifs is 3. The van der Waals surface area contributed by atoms with Gasteiger partial charge in [0.25, 0.3) is 0 Å². The molecule has 158 valence electrons. The molecule has 0 spiro atoms. The molecular weight excluding hydrogens is 417 g/mol. The molecule has 0 aliphatic carbocycles. The molecule has 0 saturated carbocycles. The van der Waals surface area contributed by atoms with Gasteiger partial charge in [-0.05, 0) is 32.8 Å². The van der Waals surface area contributed by atoms with Gasteiger partial charge < -0.3 is 24.8 Å². The number of carbonyl (C=O) groups excluding carboxylic acids is 1. The summed E-state index contributed by atoms with van der Waals surface area (Å²) in [4.78, 5) is 27.3. The molecule has 0 saturated heterocycles. The van der Waals surface area contributed by atoms with Gasteiger partial charge in [0, 0.05) is 23.7 Å². The Hall–Kier alpha value is -2.62. The molecule has 11 heteroatoms. The Bertz CT molecular complexity index is 1010. The number of aromatic amines is 1. The Kier molecular flexibility index (Phi) is 4.89. The average molecular weight is 435 g/mol. The summed E-state index contributed by atoms with van der Waals surface area (Å²) >= 11 is 6.22. The second-order valence-corrected chi connectivity index (χ2v) is 8.05. The maximum atomic E-state index is 13.3. The number of aromatic nitrogens is 1. The molecule has 2 aromatic rings. The summed E-state index contributed by atoms with van der Waals surface area (Å²) in [6.07, 6.45) is -4.83. The number of hydrogen-bond acceptors (Lipinski definition) is 5. The Balaban J connectivity index is 2.17. The van der Waals surface area contributed by atoms with Crippen LogP contribution >= 0.6 is 11.6 Å². The van der Waals surface area contributed by atoms with E-state index < -0.39 is 46.2 Å². The van der Waals surface area contributed by atoms with Crippen LogP contribution in [0.2, 0.25) is 0 Å². The fourth-order valence-corrected chi connectivity index (χ4v) is 3.66. The molecule has 0 unspecified atom stereocenters. The van der Waals surface area contributed by atoms with Gasteiger partial charge in [-0.1, -0.05) is 11.6 Å². The molecule has 1 aromatic heterocycles. The zero-order valence-corrected chi connectivity index (χ0v) is 16.4. The predicted molar refractivity (Wildman–Crippen MR) is 98.5 cm³/mol. The van der Waals surface area contributed by atoms with Gasteiger partial charge >= 0.3 is 18.1 Å².